The van der Waals surface area contributed by atoms with Crippen molar-refractivity contribution in [3.8, 4) is 0 Å². The van der Waals surface area contributed by atoms with Gasteiger partial charge in [0.15, 0.2) is 0 Å². The van der Waals surface area contributed by atoms with Gasteiger partial charge in [-0.1, -0.05) is 30.3 Å². The van der Waals surface area contributed by atoms with E-state index in [0.29, 0.717) is 13.0 Å². The van der Waals surface area contributed by atoms with Crippen LogP contribution in [0, 0.1) is 0 Å². The van der Waals surface area contributed by atoms with Crippen LogP contribution in [0.2, 0.25) is 0 Å². The standard InChI is InChI=1S/C15H18N2OS/c1-11(14-7-4-8-19-14)17-15(18)9-12-5-2-3-6-13(12)10-16/h2-8,11H,9-10,16H2,1H3,(H,17,18). The Morgan fingerprint density at radius 2 is 2.00 bits per heavy atom. The minimum absolute atomic E-state index is 0.0294. The van der Waals surface area contributed by atoms with E-state index in [9.17, 15) is 4.79 Å². The minimum Gasteiger partial charge on any atom is -0.348 e. The van der Waals surface area contributed by atoms with Crippen molar-refractivity contribution < 1.29 is 4.79 Å². The molecule has 4 heteroatoms. The number of nitrogens with two attached hydrogens (primary N) is 1. The summed E-state index contributed by atoms with van der Waals surface area (Å²) in [5.41, 5.74) is 7.70. The molecule has 100 valence electrons. The van der Waals surface area contributed by atoms with Gasteiger partial charge in [0.2, 0.25) is 5.91 Å². The van der Waals surface area contributed by atoms with Crippen LogP contribution >= 0.6 is 11.3 Å². The van der Waals surface area contributed by atoms with E-state index in [0.717, 1.165) is 11.1 Å². The van der Waals surface area contributed by atoms with Crippen molar-refractivity contribution >= 4 is 17.2 Å². The maximum absolute atomic E-state index is 12.0. The van der Waals surface area contributed by atoms with Gasteiger partial charge in [-0.15, -0.1) is 11.3 Å². The molecule has 1 unspecified atom stereocenters. The monoisotopic (exact) mass is 274 g/mol. The summed E-state index contributed by atoms with van der Waals surface area (Å²) in [6, 6.07) is 11.9. The van der Waals surface area contributed by atoms with Crippen LogP contribution < -0.4 is 11.1 Å². The third kappa shape index (κ3) is 3.66. The number of hydrogen-bond acceptors (Lipinski definition) is 3. The second-order valence-electron chi connectivity index (χ2n) is 4.45. The van der Waals surface area contributed by atoms with Gasteiger partial charge in [-0.2, -0.15) is 0 Å². The van der Waals surface area contributed by atoms with Gasteiger partial charge >= 0.3 is 0 Å². The first-order chi connectivity index (χ1) is 9.20. The van der Waals surface area contributed by atoms with Crippen LogP contribution in [0.4, 0.5) is 0 Å². The molecule has 3 N–H and O–H groups in total. The zero-order valence-electron chi connectivity index (χ0n) is 10.9. The number of amides is 1. The van der Waals surface area contributed by atoms with E-state index in [1.807, 2.05) is 48.7 Å². The molecule has 0 spiro atoms. The molecule has 0 bridgehead atoms. The molecule has 0 aliphatic carbocycles. The van der Waals surface area contributed by atoms with Crippen molar-refractivity contribution in [2.45, 2.75) is 25.9 Å². The molecule has 3 nitrogen and oxygen atoms in total. The van der Waals surface area contributed by atoms with Crippen molar-refractivity contribution in [1.82, 2.24) is 5.32 Å². The fourth-order valence-corrected chi connectivity index (χ4v) is 2.74. The number of benzene rings is 1. The summed E-state index contributed by atoms with van der Waals surface area (Å²) >= 11 is 1.65. The van der Waals surface area contributed by atoms with Gasteiger partial charge in [-0.25, -0.2) is 0 Å². The normalized spacial score (nSPS) is 12.1. The van der Waals surface area contributed by atoms with Gasteiger partial charge in [-0.05, 0) is 29.5 Å². The van der Waals surface area contributed by atoms with Gasteiger partial charge in [0, 0.05) is 11.4 Å². The van der Waals surface area contributed by atoms with E-state index in [1.54, 1.807) is 11.3 Å². The van der Waals surface area contributed by atoms with Crippen molar-refractivity contribution in [2.75, 3.05) is 0 Å². The van der Waals surface area contributed by atoms with Crippen molar-refractivity contribution in [2.24, 2.45) is 5.73 Å². The Labute approximate surface area is 117 Å². The smallest absolute Gasteiger partial charge is 0.224 e. The average Bonchev–Trinajstić information content (AvgIpc) is 2.93. The summed E-state index contributed by atoms with van der Waals surface area (Å²) in [5, 5.41) is 5.03. The number of nitrogens with one attached hydrogen (secondary N) is 1. The fraction of sp³-hybridized carbons (Fsp3) is 0.267. The lowest BCUT2D eigenvalue weighted by atomic mass is 10.0. The Hall–Kier alpha value is -1.65. The fourth-order valence-electron chi connectivity index (χ4n) is 2.00. The Balaban J connectivity index is 1.98. The first kappa shape index (κ1) is 13.8. The Morgan fingerprint density at radius 1 is 1.26 bits per heavy atom. The summed E-state index contributed by atoms with van der Waals surface area (Å²) < 4.78 is 0. The summed E-state index contributed by atoms with van der Waals surface area (Å²) in [6.07, 6.45) is 0.378. The third-order valence-electron chi connectivity index (χ3n) is 3.04. The van der Waals surface area contributed by atoms with Crippen molar-refractivity contribution in [3.63, 3.8) is 0 Å². The molecule has 0 saturated heterocycles. The van der Waals surface area contributed by atoms with Crippen molar-refractivity contribution in [1.29, 1.82) is 0 Å². The molecule has 19 heavy (non-hydrogen) atoms. The van der Waals surface area contributed by atoms with E-state index in [-0.39, 0.29) is 11.9 Å². The predicted octanol–water partition coefficient (Wildman–Crippen LogP) is 2.63. The highest BCUT2D eigenvalue weighted by Gasteiger charge is 2.12. The van der Waals surface area contributed by atoms with Crippen LogP contribution in [-0.4, -0.2) is 5.91 Å². The molecule has 0 radical (unpaired) electrons. The second-order valence-corrected chi connectivity index (χ2v) is 5.43. The molecule has 1 heterocycles. The lowest BCUT2D eigenvalue weighted by Gasteiger charge is -2.13. The Morgan fingerprint density at radius 3 is 2.63 bits per heavy atom. The summed E-state index contributed by atoms with van der Waals surface area (Å²) in [5.74, 6) is 0.0294. The van der Waals surface area contributed by atoms with Gasteiger partial charge in [0.25, 0.3) is 0 Å². The molecular weight excluding hydrogens is 256 g/mol. The largest absolute Gasteiger partial charge is 0.348 e. The predicted molar refractivity (Wildman–Crippen MR) is 78.9 cm³/mol. The maximum atomic E-state index is 12.0. The maximum Gasteiger partial charge on any atom is 0.224 e. The molecule has 1 amide bonds. The van der Waals surface area contributed by atoms with E-state index < -0.39 is 0 Å². The Kier molecular flexibility index (Phi) is 4.71. The van der Waals surface area contributed by atoms with Crippen molar-refractivity contribution in [3.05, 3.63) is 57.8 Å². The molecular formula is C15H18N2OS. The van der Waals surface area contributed by atoms with E-state index in [2.05, 4.69) is 5.32 Å². The number of carbonyl (C=O) groups is 1. The zero-order chi connectivity index (χ0) is 13.7. The van der Waals surface area contributed by atoms with Gasteiger partial charge in [0.1, 0.15) is 0 Å². The molecule has 0 saturated carbocycles. The van der Waals surface area contributed by atoms with Crippen LogP contribution in [0.15, 0.2) is 41.8 Å². The van der Waals surface area contributed by atoms with Crippen LogP contribution in [0.1, 0.15) is 29.0 Å². The number of carbonyl (C=O) groups excluding carboxylic acids is 1. The third-order valence-corrected chi connectivity index (χ3v) is 4.09. The van der Waals surface area contributed by atoms with Crippen LogP contribution in [-0.2, 0) is 17.8 Å². The van der Waals surface area contributed by atoms with Crippen LogP contribution in [0.5, 0.6) is 0 Å². The van der Waals surface area contributed by atoms with E-state index >= 15 is 0 Å². The van der Waals surface area contributed by atoms with E-state index in [1.165, 1.54) is 4.88 Å². The highest BCUT2D eigenvalue weighted by Crippen LogP contribution is 2.18. The highest BCUT2D eigenvalue weighted by molar-refractivity contribution is 7.10. The summed E-state index contributed by atoms with van der Waals surface area (Å²) in [6.45, 7) is 2.46. The molecule has 0 aliphatic rings. The molecule has 1 aromatic heterocycles. The van der Waals surface area contributed by atoms with Crippen LogP contribution in [0.25, 0.3) is 0 Å². The van der Waals surface area contributed by atoms with Gasteiger partial charge in [0.05, 0.1) is 12.5 Å². The van der Waals surface area contributed by atoms with Gasteiger partial charge < -0.3 is 11.1 Å². The topological polar surface area (TPSA) is 55.1 Å². The lowest BCUT2D eigenvalue weighted by Crippen LogP contribution is -2.28. The quantitative estimate of drug-likeness (QED) is 0.880. The number of rotatable bonds is 5. The summed E-state index contributed by atoms with van der Waals surface area (Å²) in [7, 11) is 0. The van der Waals surface area contributed by atoms with Gasteiger partial charge in [-0.3, -0.25) is 4.79 Å². The number of hydrogen-bond donors (Lipinski definition) is 2. The summed E-state index contributed by atoms with van der Waals surface area (Å²) in [4.78, 5) is 13.2. The second kappa shape index (κ2) is 6.50. The molecule has 1 atom stereocenters. The number of thiophene rings is 1. The Bertz CT molecular complexity index is 537. The zero-order valence-corrected chi connectivity index (χ0v) is 11.7. The molecule has 0 fully saturated rings. The SMILES string of the molecule is CC(NC(=O)Cc1ccccc1CN)c1cccs1. The molecule has 1 aromatic carbocycles. The lowest BCUT2D eigenvalue weighted by molar-refractivity contribution is -0.121. The first-order valence-electron chi connectivity index (χ1n) is 6.30. The first-order valence-corrected chi connectivity index (χ1v) is 7.18. The van der Waals surface area contributed by atoms with E-state index in [4.69, 9.17) is 5.73 Å². The molecule has 2 aromatic rings. The highest BCUT2D eigenvalue weighted by atomic mass is 32.1. The average molecular weight is 274 g/mol. The molecule has 0 aliphatic heterocycles. The van der Waals surface area contributed by atoms with Crippen LogP contribution in [0.3, 0.4) is 0 Å². The molecule has 2 rings (SSSR count). The minimum atomic E-state index is 0.0294.